The van der Waals surface area contributed by atoms with Crippen molar-refractivity contribution in [3.05, 3.63) is 47.6 Å². The minimum Gasteiger partial charge on any atom is -0.497 e. The van der Waals surface area contributed by atoms with Gasteiger partial charge in [-0.15, -0.1) is 11.3 Å². The molecule has 0 atom stereocenters. The second-order valence-corrected chi connectivity index (χ2v) is 8.17. The molecule has 1 fully saturated rings. The molecule has 1 aliphatic carbocycles. The Hall–Kier alpha value is -3.13. The number of nitrogens with zero attached hydrogens (tertiary/aromatic N) is 2. The summed E-state index contributed by atoms with van der Waals surface area (Å²) in [6.45, 7) is 0. The van der Waals surface area contributed by atoms with E-state index < -0.39 is 0 Å². The average Bonchev–Trinajstić information content (AvgIpc) is 3.26. The molecule has 7 nitrogen and oxygen atoms in total. The first-order chi connectivity index (χ1) is 14.7. The molecule has 1 aromatic carbocycles. The first kappa shape index (κ1) is 20.2. The van der Waals surface area contributed by atoms with Gasteiger partial charge >= 0.3 is 0 Å². The number of hydrogen-bond acceptors (Lipinski definition) is 8. The van der Waals surface area contributed by atoms with Crippen LogP contribution in [-0.4, -0.2) is 29.3 Å². The zero-order valence-corrected chi connectivity index (χ0v) is 17.8. The Morgan fingerprint density at radius 2 is 1.93 bits per heavy atom. The maximum atomic E-state index is 7.75. The smallest absolute Gasteiger partial charge is 0.229 e. The van der Waals surface area contributed by atoms with Gasteiger partial charge in [-0.2, -0.15) is 4.98 Å². The second-order valence-electron chi connectivity index (χ2n) is 7.25. The quantitative estimate of drug-likeness (QED) is 0.360. The van der Waals surface area contributed by atoms with E-state index in [9.17, 15) is 0 Å². The van der Waals surface area contributed by atoms with Gasteiger partial charge in [0.15, 0.2) is 0 Å². The van der Waals surface area contributed by atoms with Crippen molar-refractivity contribution in [3.63, 3.8) is 0 Å². The Bertz CT molecular complexity index is 1020. The fourth-order valence-electron chi connectivity index (χ4n) is 3.55. The molecular formula is C22H26N6OS. The van der Waals surface area contributed by atoms with Crippen molar-refractivity contribution in [1.82, 2.24) is 9.97 Å². The predicted molar refractivity (Wildman–Crippen MR) is 125 cm³/mol. The number of allylic oxidation sites excluding steroid dienone is 1. The molecule has 156 valence electrons. The SMILES string of the molecule is COc1ccc(N/C=C(\C=N)Nc2nc(NC3CCCCC3)c3sccc3n2)cc1. The van der Waals surface area contributed by atoms with Crippen LogP contribution in [0.3, 0.4) is 0 Å². The second kappa shape index (κ2) is 9.58. The molecule has 1 aliphatic rings. The lowest BCUT2D eigenvalue weighted by molar-refractivity contribution is 0.415. The van der Waals surface area contributed by atoms with Crippen LogP contribution in [0.5, 0.6) is 5.75 Å². The van der Waals surface area contributed by atoms with Gasteiger partial charge in [-0.3, -0.25) is 0 Å². The van der Waals surface area contributed by atoms with Crippen molar-refractivity contribution in [2.24, 2.45) is 0 Å². The van der Waals surface area contributed by atoms with Gasteiger partial charge in [0.1, 0.15) is 11.6 Å². The summed E-state index contributed by atoms with van der Waals surface area (Å²) in [5.41, 5.74) is 2.36. The Morgan fingerprint density at radius 3 is 2.67 bits per heavy atom. The summed E-state index contributed by atoms with van der Waals surface area (Å²) in [6.07, 6.45) is 9.17. The van der Waals surface area contributed by atoms with Crippen molar-refractivity contribution in [1.29, 1.82) is 5.41 Å². The highest BCUT2D eigenvalue weighted by Crippen LogP contribution is 2.30. The van der Waals surface area contributed by atoms with E-state index in [1.165, 1.54) is 38.3 Å². The first-order valence-electron chi connectivity index (χ1n) is 10.1. The summed E-state index contributed by atoms with van der Waals surface area (Å²) in [6, 6.07) is 10.0. The van der Waals surface area contributed by atoms with Crippen molar-refractivity contribution in [3.8, 4) is 5.75 Å². The molecule has 0 radical (unpaired) electrons. The minimum absolute atomic E-state index is 0.460. The number of hydrogen-bond donors (Lipinski definition) is 4. The van der Waals surface area contributed by atoms with Gasteiger partial charge in [-0.25, -0.2) is 4.98 Å². The third-order valence-electron chi connectivity index (χ3n) is 5.15. The number of nitrogens with one attached hydrogen (secondary N) is 4. The van der Waals surface area contributed by atoms with E-state index in [4.69, 9.17) is 15.1 Å². The molecule has 4 rings (SSSR count). The van der Waals surface area contributed by atoms with Gasteiger partial charge < -0.3 is 26.1 Å². The zero-order valence-electron chi connectivity index (χ0n) is 16.9. The molecule has 0 aliphatic heterocycles. The largest absolute Gasteiger partial charge is 0.497 e. The van der Waals surface area contributed by atoms with E-state index in [1.54, 1.807) is 24.6 Å². The van der Waals surface area contributed by atoms with Crippen LogP contribution in [0.15, 0.2) is 47.6 Å². The van der Waals surface area contributed by atoms with Crippen molar-refractivity contribution in [2.45, 2.75) is 38.1 Å². The van der Waals surface area contributed by atoms with Crippen LogP contribution in [0.1, 0.15) is 32.1 Å². The molecule has 0 spiro atoms. The number of methoxy groups -OCH3 is 1. The fourth-order valence-corrected chi connectivity index (χ4v) is 4.33. The van der Waals surface area contributed by atoms with E-state index in [0.29, 0.717) is 17.7 Å². The zero-order chi connectivity index (χ0) is 20.8. The van der Waals surface area contributed by atoms with E-state index in [0.717, 1.165) is 27.5 Å². The van der Waals surface area contributed by atoms with Gasteiger partial charge in [0.05, 0.1) is 23.0 Å². The van der Waals surface area contributed by atoms with E-state index in [-0.39, 0.29) is 0 Å². The molecule has 30 heavy (non-hydrogen) atoms. The van der Waals surface area contributed by atoms with Gasteiger partial charge in [0.25, 0.3) is 0 Å². The van der Waals surface area contributed by atoms with E-state index >= 15 is 0 Å². The summed E-state index contributed by atoms with van der Waals surface area (Å²) < 4.78 is 6.25. The molecular weight excluding hydrogens is 396 g/mol. The molecule has 0 amide bonds. The number of fused-ring (bicyclic) bond motifs is 1. The standard InChI is InChI=1S/C22H26N6OS/c1-29-18-9-7-15(8-10-18)24-14-17(13-23)26-22-27-19-11-12-30-20(19)21(28-22)25-16-5-3-2-4-6-16/h7-14,16,23-24H,2-6H2,1H3,(H2,25,26,27,28)/b17-14+,23-13?. The minimum atomic E-state index is 0.460. The van der Waals surface area contributed by atoms with Crippen LogP contribution in [-0.2, 0) is 0 Å². The maximum absolute atomic E-state index is 7.75. The van der Waals surface area contributed by atoms with Crippen LogP contribution >= 0.6 is 11.3 Å². The number of rotatable bonds is 8. The predicted octanol–water partition coefficient (Wildman–Crippen LogP) is 5.46. The van der Waals surface area contributed by atoms with Crippen molar-refractivity contribution in [2.75, 3.05) is 23.1 Å². The lowest BCUT2D eigenvalue weighted by atomic mass is 9.95. The highest BCUT2D eigenvalue weighted by molar-refractivity contribution is 7.17. The number of anilines is 3. The topological polar surface area (TPSA) is 95.0 Å². The first-order valence-corrected chi connectivity index (χ1v) is 11.0. The van der Waals surface area contributed by atoms with Crippen molar-refractivity contribution >= 4 is 45.2 Å². The summed E-state index contributed by atoms with van der Waals surface area (Å²) in [5.74, 6) is 2.15. The normalized spacial score (nSPS) is 15.0. The Labute approximate surface area is 180 Å². The lowest BCUT2D eigenvalue weighted by Crippen LogP contribution is -2.23. The molecule has 0 unspecified atom stereocenters. The number of aromatic nitrogens is 2. The van der Waals surface area contributed by atoms with Gasteiger partial charge in [0, 0.05) is 24.1 Å². The summed E-state index contributed by atoms with van der Waals surface area (Å²) in [5, 5.41) is 19.7. The average molecular weight is 423 g/mol. The van der Waals surface area contributed by atoms with Crippen LogP contribution < -0.4 is 20.7 Å². The van der Waals surface area contributed by atoms with Gasteiger partial charge in [0.2, 0.25) is 5.95 Å². The highest BCUT2D eigenvalue weighted by atomic mass is 32.1. The van der Waals surface area contributed by atoms with Crippen LogP contribution in [0.25, 0.3) is 10.2 Å². The van der Waals surface area contributed by atoms with Crippen molar-refractivity contribution < 1.29 is 4.74 Å². The molecule has 4 N–H and O–H groups in total. The van der Waals surface area contributed by atoms with Crippen LogP contribution in [0.4, 0.5) is 17.5 Å². The molecule has 2 heterocycles. The van der Waals surface area contributed by atoms with Crippen LogP contribution in [0, 0.1) is 5.41 Å². The molecule has 8 heteroatoms. The molecule has 0 bridgehead atoms. The van der Waals surface area contributed by atoms with Gasteiger partial charge in [-0.05, 0) is 48.6 Å². The Morgan fingerprint density at radius 1 is 1.13 bits per heavy atom. The third-order valence-corrected chi connectivity index (χ3v) is 6.06. The number of ether oxygens (including phenoxy) is 1. The number of benzene rings is 1. The molecule has 2 aromatic heterocycles. The van der Waals surface area contributed by atoms with Crippen LogP contribution in [0.2, 0.25) is 0 Å². The monoisotopic (exact) mass is 422 g/mol. The summed E-state index contributed by atoms with van der Waals surface area (Å²) >= 11 is 1.65. The molecule has 3 aromatic rings. The molecule has 0 saturated heterocycles. The maximum Gasteiger partial charge on any atom is 0.229 e. The highest BCUT2D eigenvalue weighted by Gasteiger charge is 2.17. The third kappa shape index (κ3) is 4.88. The summed E-state index contributed by atoms with van der Waals surface area (Å²) in [7, 11) is 1.64. The molecule has 1 saturated carbocycles. The van der Waals surface area contributed by atoms with E-state index in [2.05, 4.69) is 20.9 Å². The Balaban J connectivity index is 1.51. The lowest BCUT2D eigenvalue weighted by Gasteiger charge is -2.23. The Kier molecular flexibility index (Phi) is 6.44. The van der Waals surface area contributed by atoms with E-state index in [1.807, 2.05) is 35.7 Å². The fraction of sp³-hybridized carbons (Fsp3) is 0.318. The van der Waals surface area contributed by atoms with Gasteiger partial charge in [-0.1, -0.05) is 19.3 Å². The number of thiophene rings is 1. The summed E-state index contributed by atoms with van der Waals surface area (Å²) in [4.78, 5) is 9.34.